The summed E-state index contributed by atoms with van der Waals surface area (Å²) in [5, 5.41) is 10.0. The second-order valence-corrected chi connectivity index (χ2v) is 3.35. The predicted molar refractivity (Wildman–Crippen MR) is 51.1 cm³/mol. The van der Waals surface area contributed by atoms with Crippen LogP contribution < -0.4 is 5.73 Å². The van der Waals surface area contributed by atoms with Gasteiger partial charge in [0.1, 0.15) is 11.4 Å². The molecule has 0 aromatic carbocycles. The van der Waals surface area contributed by atoms with Crippen LogP contribution in [0.3, 0.4) is 0 Å². The van der Waals surface area contributed by atoms with Gasteiger partial charge in [-0.25, -0.2) is 4.98 Å². The van der Waals surface area contributed by atoms with Crippen LogP contribution in [-0.4, -0.2) is 21.2 Å². The molecule has 4 heteroatoms. The third-order valence-corrected chi connectivity index (χ3v) is 2.17. The number of hydrogen-bond donors (Lipinski definition) is 2. The molecule has 1 unspecified atom stereocenters. The molecule has 0 radical (unpaired) electrons. The average Bonchev–Trinajstić information content (AvgIpc) is 2.51. The van der Waals surface area contributed by atoms with Crippen LogP contribution in [0, 0.1) is 0 Å². The third kappa shape index (κ3) is 2.08. The number of aryl methyl sites for hydroxylation is 1. The van der Waals surface area contributed by atoms with Crippen LogP contribution in [0.25, 0.3) is 0 Å². The van der Waals surface area contributed by atoms with Crippen molar-refractivity contribution in [2.75, 3.05) is 6.54 Å². The van der Waals surface area contributed by atoms with Gasteiger partial charge in [0.15, 0.2) is 0 Å². The Bertz CT molecular complexity index is 268. The van der Waals surface area contributed by atoms with Gasteiger partial charge in [0, 0.05) is 18.9 Å². The molecule has 0 amide bonds. The highest BCUT2D eigenvalue weighted by Gasteiger charge is 2.26. The van der Waals surface area contributed by atoms with Gasteiger partial charge in [0.2, 0.25) is 0 Å². The Labute approximate surface area is 78.4 Å². The Morgan fingerprint density at radius 2 is 2.38 bits per heavy atom. The second-order valence-electron chi connectivity index (χ2n) is 3.35. The molecule has 1 aromatic rings. The van der Waals surface area contributed by atoms with E-state index in [4.69, 9.17) is 5.73 Å². The minimum Gasteiger partial charge on any atom is -0.382 e. The normalized spacial score (nSPS) is 15.7. The van der Waals surface area contributed by atoms with E-state index in [2.05, 4.69) is 4.98 Å². The van der Waals surface area contributed by atoms with E-state index < -0.39 is 5.60 Å². The summed E-state index contributed by atoms with van der Waals surface area (Å²) in [5.41, 5.74) is 4.51. The van der Waals surface area contributed by atoms with Gasteiger partial charge in [-0.1, -0.05) is 0 Å². The fraction of sp³-hybridized carbons (Fsp3) is 0.667. The highest BCUT2D eigenvalue weighted by Crippen LogP contribution is 2.21. The number of rotatable bonds is 4. The maximum absolute atomic E-state index is 10.0. The Balaban J connectivity index is 2.91. The third-order valence-electron chi connectivity index (χ3n) is 2.17. The first-order valence-corrected chi connectivity index (χ1v) is 4.56. The van der Waals surface area contributed by atoms with E-state index in [1.54, 1.807) is 13.1 Å². The van der Waals surface area contributed by atoms with Crippen molar-refractivity contribution in [1.29, 1.82) is 0 Å². The fourth-order valence-electron chi connectivity index (χ4n) is 1.43. The maximum atomic E-state index is 10.0. The average molecular weight is 183 g/mol. The fourth-order valence-corrected chi connectivity index (χ4v) is 1.43. The molecule has 0 saturated carbocycles. The molecule has 0 bridgehead atoms. The van der Waals surface area contributed by atoms with Crippen molar-refractivity contribution >= 4 is 0 Å². The molecule has 3 N–H and O–H groups in total. The standard InChI is InChI=1S/C9H17N3O/c1-3-12-7-6-11-8(12)9(2,13)4-5-10/h6-7,13H,3-5,10H2,1-2H3. The van der Waals surface area contributed by atoms with Crippen LogP contribution >= 0.6 is 0 Å². The van der Waals surface area contributed by atoms with Crippen molar-refractivity contribution in [2.45, 2.75) is 32.4 Å². The lowest BCUT2D eigenvalue weighted by molar-refractivity contribution is 0.0376. The number of aromatic nitrogens is 2. The lowest BCUT2D eigenvalue weighted by Crippen LogP contribution is -2.28. The summed E-state index contributed by atoms with van der Waals surface area (Å²) in [6.45, 7) is 5.04. The number of hydrogen-bond acceptors (Lipinski definition) is 3. The molecule has 1 atom stereocenters. The monoisotopic (exact) mass is 183 g/mol. The minimum absolute atomic E-state index is 0.462. The Morgan fingerprint density at radius 3 is 2.92 bits per heavy atom. The summed E-state index contributed by atoms with van der Waals surface area (Å²) < 4.78 is 1.93. The Hall–Kier alpha value is -0.870. The molecular weight excluding hydrogens is 166 g/mol. The Morgan fingerprint density at radius 1 is 1.69 bits per heavy atom. The molecule has 13 heavy (non-hydrogen) atoms. The predicted octanol–water partition coefficient (Wildman–Crippen LogP) is 0.459. The summed E-state index contributed by atoms with van der Waals surface area (Å²) in [5.74, 6) is 0.695. The van der Waals surface area contributed by atoms with E-state index in [-0.39, 0.29) is 0 Å². The zero-order valence-electron chi connectivity index (χ0n) is 8.20. The molecule has 1 rings (SSSR count). The first kappa shape index (κ1) is 10.2. The molecule has 1 aromatic heterocycles. The highest BCUT2D eigenvalue weighted by atomic mass is 16.3. The van der Waals surface area contributed by atoms with E-state index in [1.807, 2.05) is 17.7 Å². The molecule has 0 aliphatic carbocycles. The second kappa shape index (κ2) is 3.89. The molecule has 0 aliphatic heterocycles. The zero-order valence-corrected chi connectivity index (χ0v) is 8.20. The van der Waals surface area contributed by atoms with Crippen molar-refractivity contribution in [3.05, 3.63) is 18.2 Å². The number of imidazole rings is 1. The molecule has 0 fully saturated rings. The summed E-state index contributed by atoms with van der Waals surface area (Å²) >= 11 is 0. The van der Waals surface area contributed by atoms with Crippen LogP contribution in [0.2, 0.25) is 0 Å². The van der Waals surface area contributed by atoms with Crippen LogP contribution in [-0.2, 0) is 12.1 Å². The van der Waals surface area contributed by atoms with E-state index in [1.165, 1.54) is 0 Å². The topological polar surface area (TPSA) is 64.1 Å². The van der Waals surface area contributed by atoms with Crippen molar-refractivity contribution in [2.24, 2.45) is 5.73 Å². The summed E-state index contributed by atoms with van der Waals surface area (Å²) in [4.78, 5) is 4.13. The Kier molecular flexibility index (Phi) is 3.06. The van der Waals surface area contributed by atoms with E-state index in [9.17, 15) is 5.11 Å². The first-order valence-electron chi connectivity index (χ1n) is 4.56. The van der Waals surface area contributed by atoms with Gasteiger partial charge in [-0.15, -0.1) is 0 Å². The molecule has 1 heterocycles. The quantitative estimate of drug-likeness (QED) is 0.712. The molecule has 4 nitrogen and oxygen atoms in total. The van der Waals surface area contributed by atoms with Gasteiger partial charge in [-0.3, -0.25) is 0 Å². The summed E-state index contributed by atoms with van der Waals surface area (Å²) in [6, 6.07) is 0. The van der Waals surface area contributed by atoms with Crippen molar-refractivity contribution in [3.8, 4) is 0 Å². The van der Waals surface area contributed by atoms with E-state index >= 15 is 0 Å². The number of aliphatic hydroxyl groups is 1. The summed E-state index contributed by atoms with van der Waals surface area (Å²) in [6.07, 6.45) is 4.09. The number of nitrogens with zero attached hydrogens (tertiary/aromatic N) is 2. The van der Waals surface area contributed by atoms with Crippen molar-refractivity contribution < 1.29 is 5.11 Å². The van der Waals surface area contributed by atoms with Gasteiger partial charge in [0.05, 0.1) is 0 Å². The largest absolute Gasteiger partial charge is 0.382 e. The van der Waals surface area contributed by atoms with Crippen LogP contribution in [0.1, 0.15) is 26.1 Å². The molecule has 74 valence electrons. The van der Waals surface area contributed by atoms with Gasteiger partial charge in [-0.2, -0.15) is 0 Å². The van der Waals surface area contributed by atoms with Crippen LogP contribution in [0.15, 0.2) is 12.4 Å². The molecular formula is C9H17N3O. The summed E-state index contributed by atoms with van der Waals surface area (Å²) in [7, 11) is 0. The van der Waals surface area contributed by atoms with Crippen LogP contribution in [0.4, 0.5) is 0 Å². The van der Waals surface area contributed by atoms with Gasteiger partial charge >= 0.3 is 0 Å². The van der Waals surface area contributed by atoms with Gasteiger partial charge in [0.25, 0.3) is 0 Å². The van der Waals surface area contributed by atoms with E-state index in [0.29, 0.717) is 18.8 Å². The highest BCUT2D eigenvalue weighted by molar-refractivity contribution is 5.03. The zero-order chi connectivity index (χ0) is 9.90. The van der Waals surface area contributed by atoms with Crippen molar-refractivity contribution in [1.82, 2.24) is 9.55 Å². The van der Waals surface area contributed by atoms with E-state index in [0.717, 1.165) is 6.54 Å². The smallest absolute Gasteiger partial charge is 0.140 e. The van der Waals surface area contributed by atoms with Crippen molar-refractivity contribution in [3.63, 3.8) is 0 Å². The SMILES string of the molecule is CCn1ccnc1C(C)(O)CCN. The molecule has 0 spiro atoms. The van der Waals surface area contributed by atoms with Crippen LogP contribution in [0.5, 0.6) is 0 Å². The molecule has 0 saturated heterocycles. The lowest BCUT2D eigenvalue weighted by Gasteiger charge is -2.22. The lowest BCUT2D eigenvalue weighted by atomic mass is 10.0. The maximum Gasteiger partial charge on any atom is 0.140 e. The number of nitrogens with two attached hydrogens (primary N) is 1. The molecule has 0 aliphatic rings. The van der Waals surface area contributed by atoms with Gasteiger partial charge in [-0.05, 0) is 26.8 Å². The minimum atomic E-state index is -0.908. The first-order chi connectivity index (χ1) is 6.11. The van der Waals surface area contributed by atoms with Gasteiger partial charge < -0.3 is 15.4 Å².